The van der Waals surface area contributed by atoms with Gasteiger partial charge < -0.3 is 15.4 Å². The van der Waals surface area contributed by atoms with Crippen molar-refractivity contribution in [3.63, 3.8) is 0 Å². The van der Waals surface area contributed by atoms with Gasteiger partial charge in [-0.15, -0.1) is 0 Å². The van der Waals surface area contributed by atoms with Gasteiger partial charge in [0, 0.05) is 19.3 Å². The van der Waals surface area contributed by atoms with E-state index in [1.54, 1.807) is 11.8 Å². The first kappa shape index (κ1) is 15.0. The van der Waals surface area contributed by atoms with Crippen molar-refractivity contribution >= 4 is 17.6 Å². The van der Waals surface area contributed by atoms with Crippen molar-refractivity contribution in [3.05, 3.63) is 11.9 Å². The van der Waals surface area contributed by atoms with E-state index in [4.69, 9.17) is 5.73 Å². The second-order valence-corrected chi connectivity index (χ2v) is 4.09. The van der Waals surface area contributed by atoms with Crippen molar-refractivity contribution in [2.75, 3.05) is 25.9 Å². The van der Waals surface area contributed by atoms with E-state index in [2.05, 4.69) is 9.84 Å². The average molecular weight is 268 g/mol. The van der Waals surface area contributed by atoms with E-state index < -0.39 is 12.0 Å². The first-order valence-electron chi connectivity index (χ1n) is 6.17. The number of aromatic nitrogens is 2. The molecule has 7 heteroatoms. The van der Waals surface area contributed by atoms with E-state index >= 15 is 0 Å². The summed E-state index contributed by atoms with van der Waals surface area (Å²) in [5.41, 5.74) is 5.92. The molecule has 0 spiro atoms. The summed E-state index contributed by atoms with van der Waals surface area (Å²) in [6.45, 7) is 6.78. The summed E-state index contributed by atoms with van der Waals surface area (Å²) < 4.78 is 5.96. The summed E-state index contributed by atoms with van der Waals surface area (Å²) in [5.74, 6) is -0.678. The summed E-state index contributed by atoms with van der Waals surface area (Å²) in [6.07, 6.45) is 1.47. The monoisotopic (exact) mass is 268 g/mol. The van der Waals surface area contributed by atoms with Gasteiger partial charge in [0.05, 0.1) is 12.8 Å². The predicted octanol–water partition coefficient (Wildman–Crippen LogP) is 0.681. The summed E-state index contributed by atoms with van der Waals surface area (Å²) in [4.78, 5) is 25.3. The van der Waals surface area contributed by atoms with Crippen molar-refractivity contribution in [2.45, 2.75) is 26.8 Å². The average Bonchev–Trinajstić information content (AvgIpc) is 2.80. The molecule has 0 bridgehead atoms. The third-order valence-electron chi connectivity index (χ3n) is 2.97. The number of anilines is 1. The molecular formula is C12H20N4O3. The van der Waals surface area contributed by atoms with Gasteiger partial charge in [-0.05, 0) is 20.8 Å². The topological polar surface area (TPSA) is 90.5 Å². The van der Waals surface area contributed by atoms with Gasteiger partial charge in [-0.3, -0.25) is 9.48 Å². The van der Waals surface area contributed by atoms with Crippen LogP contribution in [0.4, 0.5) is 5.69 Å². The molecule has 0 aliphatic rings. The van der Waals surface area contributed by atoms with Crippen molar-refractivity contribution in [1.29, 1.82) is 0 Å². The maximum absolute atomic E-state index is 12.2. The van der Waals surface area contributed by atoms with E-state index in [1.165, 1.54) is 18.0 Å². The lowest BCUT2D eigenvalue weighted by Gasteiger charge is -2.22. The minimum Gasteiger partial charge on any atom is -0.464 e. The molecule has 7 nitrogen and oxygen atoms in total. The van der Waals surface area contributed by atoms with E-state index in [9.17, 15) is 9.59 Å². The first-order valence-corrected chi connectivity index (χ1v) is 6.17. The molecule has 1 heterocycles. The van der Waals surface area contributed by atoms with Crippen LogP contribution in [-0.2, 0) is 9.53 Å². The Morgan fingerprint density at radius 3 is 2.53 bits per heavy atom. The largest absolute Gasteiger partial charge is 0.464 e. The van der Waals surface area contributed by atoms with Gasteiger partial charge in [0.25, 0.3) is 0 Å². The normalized spacial score (nSPS) is 12.0. The van der Waals surface area contributed by atoms with Gasteiger partial charge in [-0.1, -0.05) is 0 Å². The zero-order valence-corrected chi connectivity index (χ0v) is 11.7. The highest BCUT2D eigenvalue weighted by Gasteiger charge is 2.23. The lowest BCUT2D eigenvalue weighted by molar-refractivity contribution is -0.134. The van der Waals surface area contributed by atoms with E-state index in [0.29, 0.717) is 13.1 Å². The molecule has 0 saturated carbocycles. The number of ether oxygens (including phenoxy) is 1. The van der Waals surface area contributed by atoms with Crippen LogP contribution in [0.25, 0.3) is 0 Å². The number of carbonyl (C=O) groups excluding carboxylic acids is 2. The Kier molecular flexibility index (Phi) is 4.91. The quantitative estimate of drug-likeness (QED) is 0.793. The number of likely N-dealkylation sites (N-methyl/N-ethyl adjacent to an activating group) is 1. The number of rotatable bonds is 5. The highest BCUT2D eigenvalue weighted by atomic mass is 16.5. The summed E-state index contributed by atoms with van der Waals surface area (Å²) in [7, 11) is 1.26. The molecule has 1 amide bonds. The molecule has 19 heavy (non-hydrogen) atoms. The first-order chi connectivity index (χ1) is 8.96. The van der Waals surface area contributed by atoms with Crippen LogP contribution in [0.15, 0.2) is 6.20 Å². The standard InChI is InChI=1S/C12H20N4O3/c1-5-15(6-2)11(17)8(3)16-7-9(13)10(14-16)12(18)19-4/h7-8H,5-6,13H2,1-4H3. The smallest absolute Gasteiger partial charge is 0.360 e. The number of hydrogen-bond donors (Lipinski definition) is 1. The molecule has 0 aliphatic heterocycles. The van der Waals surface area contributed by atoms with E-state index in [0.717, 1.165) is 0 Å². The van der Waals surface area contributed by atoms with Crippen LogP contribution in [0.2, 0.25) is 0 Å². The minimum absolute atomic E-state index is 0.0293. The second-order valence-electron chi connectivity index (χ2n) is 4.09. The zero-order valence-electron chi connectivity index (χ0n) is 11.7. The SMILES string of the molecule is CCN(CC)C(=O)C(C)n1cc(N)c(C(=O)OC)n1. The van der Waals surface area contributed by atoms with Gasteiger partial charge in [-0.25, -0.2) is 4.79 Å². The lowest BCUT2D eigenvalue weighted by Crippen LogP contribution is -2.36. The molecule has 2 N–H and O–H groups in total. The zero-order chi connectivity index (χ0) is 14.6. The maximum atomic E-state index is 12.2. The van der Waals surface area contributed by atoms with Crippen LogP contribution < -0.4 is 5.73 Å². The Morgan fingerprint density at radius 2 is 2.05 bits per heavy atom. The molecular weight excluding hydrogens is 248 g/mol. The Morgan fingerprint density at radius 1 is 1.47 bits per heavy atom. The molecule has 0 fully saturated rings. The van der Waals surface area contributed by atoms with Gasteiger partial charge >= 0.3 is 5.97 Å². The molecule has 1 unspecified atom stereocenters. The number of esters is 1. The molecule has 1 aromatic heterocycles. The number of amides is 1. The summed E-state index contributed by atoms with van der Waals surface area (Å²) >= 11 is 0. The molecule has 0 aliphatic carbocycles. The maximum Gasteiger partial charge on any atom is 0.360 e. The lowest BCUT2D eigenvalue weighted by atomic mass is 10.3. The van der Waals surface area contributed by atoms with Gasteiger partial charge in [0.1, 0.15) is 6.04 Å². The van der Waals surface area contributed by atoms with E-state index in [1.807, 2.05) is 13.8 Å². The number of nitrogens with zero attached hydrogens (tertiary/aromatic N) is 3. The minimum atomic E-state index is -0.612. The fourth-order valence-electron chi connectivity index (χ4n) is 1.77. The highest BCUT2D eigenvalue weighted by Crippen LogP contribution is 2.16. The number of nitrogens with two attached hydrogens (primary N) is 1. The van der Waals surface area contributed by atoms with Crippen LogP contribution >= 0.6 is 0 Å². The Labute approximate surface area is 112 Å². The van der Waals surface area contributed by atoms with Crippen LogP contribution in [0.1, 0.15) is 37.3 Å². The van der Waals surface area contributed by atoms with Crippen molar-refractivity contribution in [2.24, 2.45) is 0 Å². The third kappa shape index (κ3) is 3.04. The van der Waals surface area contributed by atoms with Crippen LogP contribution in [-0.4, -0.2) is 46.8 Å². The Bertz CT molecular complexity index is 466. The second kappa shape index (κ2) is 6.21. The van der Waals surface area contributed by atoms with Crippen LogP contribution in [0.3, 0.4) is 0 Å². The Balaban J connectivity index is 2.97. The fourth-order valence-corrected chi connectivity index (χ4v) is 1.77. The highest BCUT2D eigenvalue weighted by molar-refractivity contribution is 5.92. The molecule has 0 saturated heterocycles. The van der Waals surface area contributed by atoms with Crippen molar-refractivity contribution in [1.82, 2.24) is 14.7 Å². The third-order valence-corrected chi connectivity index (χ3v) is 2.97. The van der Waals surface area contributed by atoms with Gasteiger partial charge in [-0.2, -0.15) is 5.10 Å². The molecule has 106 valence electrons. The van der Waals surface area contributed by atoms with Crippen molar-refractivity contribution < 1.29 is 14.3 Å². The number of nitrogen functional groups attached to an aromatic ring is 1. The number of hydrogen-bond acceptors (Lipinski definition) is 5. The number of methoxy groups -OCH3 is 1. The van der Waals surface area contributed by atoms with E-state index in [-0.39, 0.29) is 17.3 Å². The van der Waals surface area contributed by atoms with Gasteiger partial charge in [0.15, 0.2) is 5.69 Å². The predicted molar refractivity (Wildman–Crippen MR) is 70.6 cm³/mol. The molecule has 0 aromatic carbocycles. The molecule has 1 aromatic rings. The van der Waals surface area contributed by atoms with Crippen molar-refractivity contribution in [3.8, 4) is 0 Å². The van der Waals surface area contributed by atoms with Gasteiger partial charge in [0.2, 0.25) is 5.91 Å². The van der Waals surface area contributed by atoms with Crippen LogP contribution in [0.5, 0.6) is 0 Å². The summed E-state index contributed by atoms with van der Waals surface area (Å²) in [5, 5.41) is 4.02. The molecule has 1 rings (SSSR count). The Hall–Kier alpha value is -2.05. The number of carbonyl (C=O) groups is 2. The fraction of sp³-hybridized carbons (Fsp3) is 0.583. The summed E-state index contributed by atoms with van der Waals surface area (Å²) in [6, 6.07) is -0.513. The molecule has 0 radical (unpaired) electrons. The van der Waals surface area contributed by atoms with Crippen LogP contribution in [0, 0.1) is 0 Å². The molecule has 1 atom stereocenters.